The zero-order chi connectivity index (χ0) is 32.3. The SMILES string of the molecule is [C-]#[N+]c1ccc2c3c(-c4cccc5c4-c4ccccc4C54C5CC6CC(C5)CC4C6)cccc3n(-c3ccc(-c4ccccc4)cc3)c2c1. The van der Waals surface area contributed by atoms with Gasteiger partial charge in [0.15, 0.2) is 5.69 Å². The molecule has 0 atom stereocenters. The van der Waals surface area contributed by atoms with Crippen LogP contribution in [0, 0.1) is 30.2 Å². The molecule has 49 heavy (non-hydrogen) atoms. The lowest BCUT2D eigenvalue weighted by molar-refractivity contribution is -0.0399. The molecule has 4 fully saturated rings. The number of nitrogens with zero attached hydrogens (tertiary/aromatic N) is 2. The number of hydrogen-bond acceptors (Lipinski definition) is 0. The Morgan fingerprint density at radius 1 is 0.551 bits per heavy atom. The van der Waals surface area contributed by atoms with E-state index in [0.29, 0.717) is 5.69 Å². The van der Waals surface area contributed by atoms with Crippen molar-refractivity contribution in [1.82, 2.24) is 4.57 Å². The van der Waals surface area contributed by atoms with Crippen LogP contribution in [0.4, 0.5) is 5.69 Å². The maximum atomic E-state index is 7.86. The number of hydrogen-bond donors (Lipinski definition) is 0. The topological polar surface area (TPSA) is 9.29 Å². The molecule has 0 unspecified atom stereocenters. The van der Waals surface area contributed by atoms with Crippen molar-refractivity contribution in [3.8, 4) is 39.1 Å². The second-order valence-corrected chi connectivity index (χ2v) is 15.2. The van der Waals surface area contributed by atoms with Gasteiger partial charge >= 0.3 is 0 Å². The van der Waals surface area contributed by atoms with Crippen molar-refractivity contribution in [1.29, 1.82) is 0 Å². The summed E-state index contributed by atoms with van der Waals surface area (Å²) in [6.07, 6.45) is 7.02. The van der Waals surface area contributed by atoms with Crippen molar-refractivity contribution in [3.63, 3.8) is 0 Å². The quantitative estimate of drug-likeness (QED) is 0.172. The van der Waals surface area contributed by atoms with Crippen LogP contribution in [-0.2, 0) is 5.41 Å². The summed E-state index contributed by atoms with van der Waals surface area (Å²) in [6, 6.07) is 49.2. The van der Waals surface area contributed by atoms with Gasteiger partial charge in [-0.3, -0.25) is 0 Å². The third-order valence-electron chi connectivity index (χ3n) is 13.0. The third-order valence-corrected chi connectivity index (χ3v) is 13.0. The Labute approximate surface area is 287 Å². The Kier molecular flexibility index (Phi) is 5.66. The van der Waals surface area contributed by atoms with Gasteiger partial charge in [0, 0.05) is 27.4 Å². The minimum absolute atomic E-state index is 0.141. The number of aromatic nitrogens is 1. The number of benzene rings is 6. The summed E-state index contributed by atoms with van der Waals surface area (Å²) in [7, 11) is 0. The van der Waals surface area contributed by atoms with Gasteiger partial charge in [-0.15, -0.1) is 0 Å². The number of rotatable bonds is 3. The molecule has 5 aliphatic carbocycles. The molecule has 0 radical (unpaired) electrons. The predicted molar refractivity (Wildman–Crippen MR) is 201 cm³/mol. The second kappa shape index (κ2) is 10.1. The highest BCUT2D eigenvalue weighted by Gasteiger charge is 2.61. The van der Waals surface area contributed by atoms with Crippen LogP contribution in [0.3, 0.4) is 0 Å². The average Bonchev–Trinajstić information content (AvgIpc) is 3.64. The molecule has 1 heterocycles. The Balaban J connectivity index is 1.16. The Morgan fingerprint density at radius 2 is 1.20 bits per heavy atom. The first-order chi connectivity index (χ1) is 24.2. The van der Waals surface area contributed by atoms with Gasteiger partial charge in [0.05, 0.1) is 12.1 Å². The van der Waals surface area contributed by atoms with Crippen molar-refractivity contribution in [2.75, 3.05) is 0 Å². The molecule has 4 bridgehead atoms. The highest BCUT2D eigenvalue weighted by Crippen LogP contribution is 2.70. The van der Waals surface area contributed by atoms with E-state index in [1.54, 1.807) is 11.1 Å². The van der Waals surface area contributed by atoms with Crippen molar-refractivity contribution >= 4 is 27.5 Å². The maximum Gasteiger partial charge on any atom is 0.189 e. The molecule has 12 rings (SSSR count). The summed E-state index contributed by atoms with van der Waals surface area (Å²) in [6.45, 7) is 7.86. The molecule has 1 aromatic heterocycles. The van der Waals surface area contributed by atoms with E-state index >= 15 is 0 Å². The molecule has 0 amide bonds. The standard InChI is InChI=1S/C47H36N2/c1-48-35-19-22-40-44(28-35)49(36-20-17-32(18-21-36)31-9-3-2-4-10-31)43-16-8-13-38(46(40)43)37-12-7-15-42-45(37)39-11-5-6-14-41(39)47(42)33-24-29-23-30(26-33)27-34(47)25-29/h2-22,28-30,33-34H,23-27H2. The highest BCUT2D eigenvalue weighted by molar-refractivity contribution is 6.17. The van der Waals surface area contributed by atoms with Crippen LogP contribution in [-0.4, -0.2) is 4.57 Å². The van der Waals surface area contributed by atoms with Gasteiger partial charge in [0.25, 0.3) is 0 Å². The van der Waals surface area contributed by atoms with Crippen LogP contribution in [0.2, 0.25) is 0 Å². The van der Waals surface area contributed by atoms with Gasteiger partial charge in [-0.05, 0) is 125 Å². The Morgan fingerprint density at radius 3 is 1.98 bits per heavy atom. The molecule has 234 valence electrons. The molecule has 0 saturated heterocycles. The second-order valence-electron chi connectivity index (χ2n) is 15.2. The summed E-state index contributed by atoms with van der Waals surface area (Å²) in [5.41, 5.74) is 15.3. The normalized spacial score (nSPS) is 24.4. The van der Waals surface area contributed by atoms with Crippen molar-refractivity contribution in [2.24, 2.45) is 23.7 Å². The molecular formula is C47H36N2. The molecule has 7 aromatic rings. The summed E-state index contributed by atoms with van der Waals surface area (Å²) in [5.74, 6) is 3.33. The zero-order valence-electron chi connectivity index (χ0n) is 27.4. The summed E-state index contributed by atoms with van der Waals surface area (Å²) in [5, 5.41) is 2.46. The van der Waals surface area contributed by atoms with E-state index in [9.17, 15) is 0 Å². The lowest BCUT2D eigenvalue weighted by atomic mass is 9.43. The van der Waals surface area contributed by atoms with E-state index in [-0.39, 0.29) is 5.41 Å². The molecular weight excluding hydrogens is 593 g/mol. The van der Waals surface area contributed by atoms with Crippen molar-refractivity contribution in [3.05, 3.63) is 156 Å². The van der Waals surface area contributed by atoms with Crippen LogP contribution in [0.1, 0.15) is 43.2 Å². The smallest absolute Gasteiger partial charge is 0.189 e. The van der Waals surface area contributed by atoms with Gasteiger partial charge in [0.1, 0.15) is 0 Å². The summed E-state index contributed by atoms with van der Waals surface area (Å²) in [4.78, 5) is 3.85. The lowest BCUT2D eigenvalue weighted by Gasteiger charge is -2.61. The van der Waals surface area contributed by atoms with Crippen LogP contribution in [0.15, 0.2) is 133 Å². The molecule has 2 nitrogen and oxygen atoms in total. The van der Waals surface area contributed by atoms with Crippen LogP contribution >= 0.6 is 0 Å². The zero-order valence-corrected chi connectivity index (χ0v) is 27.4. The fourth-order valence-corrected chi connectivity index (χ4v) is 11.5. The molecule has 4 saturated carbocycles. The Hall–Kier alpha value is -5.39. The fraction of sp³-hybridized carbons (Fsp3) is 0.213. The van der Waals surface area contributed by atoms with Gasteiger partial charge in [-0.25, -0.2) is 4.85 Å². The molecule has 1 spiro atoms. The first-order valence-electron chi connectivity index (χ1n) is 18.1. The minimum atomic E-state index is 0.141. The lowest BCUT2D eigenvalue weighted by Crippen LogP contribution is -2.55. The highest BCUT2D eigenvalue weighted by atomic mass is 15.0. The van der Waals surface area contributed by atoms with Gasteiger partial charge in [-0.1, -0.05) is 109 Å². The summed E-state index contributed by atoms with van der Waals surface area (Å²) >= 11 is 0. The van der Waals surface area contributed by atoms with E-state index < -0.39 is 0 Å². The fourth-order valence-electron chi connectivity index (χ4n) is 11.5. The van der Waals surface area contributed by atoms with Crippen LogP contribution in [0.5, 0.6) is 0 Å². The average molecular weight is 629 g/mol. The van der Waals surface area contributed by atoms with Crippen molar-refractivity contribution < 1.29 is 0 Å². The molecule has 5 aliphatic rings. The van der Waals surface area contributed by atoms with Gasteiger partial charge in [0.2, 0.25) is 0 Å². The molecule has 6 aromatic carbocycles. The third kappa shape index (κ3) is 3.66. The monoisotopic (exact) mass is 628 g/mol. The molecule has 2 heteroatoms. The van der Waals surface area contributed by atoms with E-state index in [2.05, 4.69) is 137 Å². The first kappa shape index (κ1) is 27.5. The van der Waals surface area contributed by atoms with Gasteiger partial charge < -0.3 is 4.57 Å². The molecule has 0 aliphatic heterocycles. The van der Waals surface area contributed by atoms with Crippen LogP contribution in [0.25, 0.3) is 65.7 Å². The Bertz CT molecular complexity index is 2480. The molecule has 0 N–H and O–H groups in total. The van der Waals surface area contributed by atoms with E-state index in [1.165, 1.54) is 81.8 Å². The van der Waals surface area contributed by atoms with Crippen LogP contribution < -0.4 is 0 Å². The van der Waals surface area contributed by atoms with Gasteiger partial charge in [-0.2, -0.15) is 0 Å². The maximum absolute atomic E-state index is 7.86. The largest absolute Gasteiger partial charge is 0.310 e. The summed E-state index contributed by atoms with van der Waals surface area (Å²) < 4.78 is 2.37. The predicted octanol–water partition coefficient (Wildman–Crippen LogP) is 12.4. The van der Waals surface area contributed by atoms with E-state index in [0.717, 1.165) is 34.9 Å². The first-order valence-corrected chi connectivity index (χ1v) is 18.1. The minimum Gasteiger partial charge on any atom is -0.310 e. The number of fused-ring (bicyclic) bond motifs is 6. The van der Waals surface area contributed by atoms with Crippen molar-refractivity contribution in [2.45, 2.75) is 37.5 Å². The van der Waals surface area contributed by atoms with E-state index in [4.69, 9.17) is 6.57 Å². The van der Waals surface area contributed by atoms with E-state index in [1.807, 2.05) is 6.07 Å².